The maximum atomic E-state index is 12.2. The molecule has 0 aliphatic rings. The molecule has 150 valence electrons. The van der Waals surface area contributed by atoms with Gasteiger partial charge in [0.1, 0.15) is 18.4 Å². The van der Waals surface area contributed by atoms with Crippen molar-refractivity contribution in [2.75, 3.05) is 10.6 Å². The van der Waals surface area contributed by atoms with Crippen molar-refractivity contribution in [2.24, 2.45) is 0 Å². The third kappa shape index (κ3) is 3.83. The quantitative estimate of drug-likeness (QED) is 0.439. The molecule has 1 amide bonds. The van der Waals surface area contributed by atoms with Crippen LogP contribution in [0.1, 0.15) is 39.2 Å². The van der Waals surface area contributed by atoms with Crippen LogP contribution >= 0.6 is 0 Å². The zero-order valence-electron chi connectivity index (χ0n) is 16.0. The highest BCUT2D eigenvalue weighted by Gasteiger charge is 2.15. The van der Waals surface area contributed by atoms with Gasteiger partial charge in [-0.05, 0) is 42.8 Å². The summed E-state index contributed by atoms with van der Waals surface area (Å²) in [4.78, 5) is 32.1. The monoisotopic (exact) mass is 402 g/mol. The van der Waals surface area contributed by atoms with Crippen molar-refractivity contribution >= 4 is 34.3 Å². The number of rotatable bonds is 6. The summed E-state index contributed by atoms with van der Waals surface area (Å²) in [5.74, 6) is -0.771. The van der Waals surface area contributed by atoms with E-state index in [-0.39, 0.29) is 17.5 Å². The minimum Gasteiger partial charge on any atom is -0.478 e. The number of aromatic nitrogens is 2. The molecule has 8 heteroatoms. The highest BCUT2D eigenvalue weighted by atomic mass is 16.4. The van der Waals surface area contributed by atoms with Gasteiger partial charge in [-0.1, -0.05) is 18.2 Å². The van der Waals surface area contributed by atoms with E-state index in [0.717, 1.165) is 5.56 Å². The van der Waals surface area contributed by atoms with E-state index >= 15 is 0 Å². The zero-order valence-corrected chi connectivity index (χ0v) is 16.0. The fourth-order valence-corrected chi connectivity index (χ4v) is 3.15. The van der Waals surface area contributed by atoms with Crippen LogP contribution in [0.5, 0.6) is 0 Å². The number of fused-ring (bicyclic) bond motifs is 1. The maximum Gasteiger partial charge on any atom is 0.337 e. The molecule has 0 bridgehead atoms. The number of hydrogen-bond acceptors (Lipinski definition) is 6. The van der Waals surface area contributed by atoms with Crippen molar-refractivity contribution in [3.63, 3.8) is 0 Å². The molecule has 0 spiro atoms. The molecule has 0 saturated heterocycles. The first kappa shape index (κ1) is 19.1. The molecule has 1 unspecified atom stereocenters. The summed E-state index contributed by atoms with van der Waals surface area (Å²) >= 11 is 0. The van der Waals surface area contributed by atoms with Gasteiger partial charge in [0.05, 0.1) is 28.9 Å². The van der Waals surface area contributed by atoms with Gasteiger partial charge in [0.15, 0.2) is 0 Å². The lowest BCUT2D eigenvalue weighted by atomic mass is 10.1. The van der Waals surface area contributed by atoms with Crippen molar-refractivity contribution in [1.82, 2.24) is 9.97 Å². The SMILES string of the molecule is CC(Nc1ncnc2c(C(=O)O)cccc12)c1cccc(NC(=O)c2ccoc2)c1. The van der Waals surface area contributed by atoms with Crippen LogP contribution in [0.15, 0.2) is 71.8 Å². The number of carboxylic acids is 1. The van der Waals surface area contributed by atoms with E-state index in [0.29, 0.717) is 28.0 Å². The van der Waals surface area contributed by atoms with E-state index in [1.54, 1.807) is 24.3 Å². The minimum atomic E-state index is -1.04. The molecular weight excluding hydrogens is 384 g/mol. The van der Waals surface area contributed by atoms with Crippen LogP contribution in [0.4, 0.5) is 11.5 Å². The van der Waals surface area contributed by atoms with Crippen molar-refractivity contribution in [3.8, 4) is 0 Å². The Morgan fingerprint density at radius 1 is 1.10 bits per heavy atom. The Hall–Kier alpha value is -4.20. The molecule has 8 nitrogen and oxygen atoms in total. The van der Waals surface area contributed by atoms with Crippen molar-refractivity contribution in [3.05, 3.63) is 84.1 Å². The molecular formula is C22H18N4O4. The summed E-state index contributed by atoms with van der Waals surface area (Å²) in [6, 6.07) is 13.8. The molecule has 0 aliphatic heterocycles. The number of aromatic carboxylic acids is 1. The van der Waals surface area contributed by atoms with E-state index in [2.05, 4.69) is 20.6 Å². The van der Waals surface area contributed by atoms with Gasteiger partial charge in [-0.15, -0.1) is 0 Å². The van der Waals surface area contributed by atoms with E-state index in [9.17, 15) is 14.7 Å². The van der Waals surface area contributed by atoms with Gasteiger partial charge >= 0.3 is 5.97 Å². The summed E-state index contributed by atoms with van der Waals surface area (Å²) in [6.07, 6.45) is 4.17. The van der Waals surface area contributed by atoms with Gasteiger partial charge in [-0.25, -0.2) is 14.8 Å². The Labute approximate surface area is 171 Å². The number of carbonyl (C=O) groups is 2. The Kier molecular flexibility index (Phi) is 5.13. The van der Waals surface area contributed by atoms with Gasteiger partial charge in [0.25, 0.3) is 5.91 Å². The van der Waals surface area contributed by atoms with Crippen molar-refractivity contribution in [2.45, 2.75) is 13.0 Å². The van der Waals surface area contributed by atoms with Crippen LogP contribution in [-0.2, 0) is 0 Å². The molecule has 1 atom stereocenters. The van der Waals surface area contributed by atoms with Crippen LogP contribution in [0.2, 0.25) is 0 Å². The van der Waals surface area contributed by atoms with Crippen molar-refractivity contribution in [1.29, 1.82) is 0 Å². The van der Waals surface area contributed by atoms with Crippen LogP contribution in [-0.4, -0.2) is 27.0 Å². The molecule has 3 N–H and O–H groups in total. The topological polar surface area (TPSA) is 117 Å². The van der Waals surface area contributed by atoms with Gasteiger partial charge in [-0.2, -0.15) is 0 Å². The van der Waals surface area contributed by atoms with E-state index in [4.69, 9.17) is 4.42 Å². The fraction of sp³-hybridized carbons (Fsp3) is 0.0909. The predicted octanol–water partition coefficient (Wildman–Crippen LogP) is 4.35. The van der Waals surface area contributed by atoms with Crippen LogP contribution in [0, 0.1) is 0 Å². The number of amides is 1. The van der Waals surface area contributed by atoms with Gasteiger partial charge < -0.3 is 20.2 Å². The Morgan fingerprint density at radius 2 is 1.93 bits per heavy atom. The maximum absolute atomic E-state index is 12.2. The van der Waals surface area contributed by atoms with Crippen LogP contribution in [0.25, 0.3) is 10.9 Å². The molecule has 2 aromatic carbocycles. The standard InChI is InChI=1S/C22H18N4O4/c1-13(14-4-2-5-16(10-14)26-21(27)15-8-9-30-11-15)25-20-17-6-3-7-18(22(28)29)19(17)23-12-24-20/h2-13H,1H3,(H,26,27)(H,28,29)(H,23,24,25). The lowest BCUT2D eigenvalue weighted by Crippen LogP contribution is -2.12. The molecule has 0 fully saturated rings. The second-order valence-electron chi connectivity index (χ2n) is 6.69. The third-order valence-corrected chi connectivity index (χ3v) is 4.68. The number of para-hydroxylation sites is 1. The summed E-state index contributed by atoms with van der Waals surface area (Å²) < 4.78 is 4.94. The van der Waals surface area contributed by atoms with E-state index in [1.807, 2.05) is 25.1 Å². The first-order chi connectivity index (χ1) is 14.5. The first-order valence-electron chi connectivity index (χ1n) is 9.20. The molecule has 2 aromatic heterocycles. The lowest BCUT2D eigenvalue weighted by molar-refractivity contribution is 0.0698. The molecule has 30 heavy (non-hydrogen) atoms. The summed E-state index contributed by atoms with van der Waals surface area (Å²) in [5.41, 5.74) is 2.49. The number of hydrogen-bond donors (Lipinski definition) is 3. The third-order valence-electron chi connectivity index (χ3n) is 4.68. The normalized spacial score (nSPS) is 11.8. The number of benzene rings is 2. The number of nitrogens with zero attached hydrogens (tertiary/aromatic N) is 2. The Balaban J connectivity index is 1.57. The second kappa shape index (κ2) is 8.04. The number of carboxylic acid groups (broad SMARTS) is 1. The number of nitrogens with one attached hydrogen (secondary N) is 2. The summed E-state index contributed by atoms with van der Waals surface area (Å²) in [7, 11) is 0. The van der Waals surface area contributed by atoms with Gasteiger partial charge in [-0.3, -0.25) is 4.79 Å². The highest BCUT2D eigenvalue weighted by Crippen LogP contribution is 2.27. The minimum absolute atomic E-state index is 0.120. The van der Waals surface area contributed by atoms with Gasteiger partial charge in [0.2, 0.25) is 0 Å². The molecule has 4 rings (SSSR count). The average Bonchev–Trinajstić information content (AvgIpc) is 3.29. The lowest BCUT2D eigenvalue weighted by Gasteiger charge is -2.17. The largest absolute Gasteiger partial charge is 0.478 e. The predicted molar refractivity (Wildman–Crippen MR) is 112 cm³/mol. The fourth-order valence-electron chi connectivity index (χ4n) is 3.15. The number of furan rings is 1. The Bertz CT molecular complexity index is 1220. The van der Waals surface area contributed by atoms with Crippen LogP contribution in [0.3, 0.4) is 0 Å². The average molecular weight is 402 g/mol. The molecule has 0 radical (unpaired) electrons. The first-order valence-corrected chi connectivity index (χ1v) is 9.20. The zero-order chi connectivity index (χ0) is 21.1. The summed E-state index contributed by atoms with van der Waals surface area (Å²) in [6.45, 7) is 1.95. The Morgan fingerprint density at radius 3 is 2.70 bits per heavy atom. The van der Waals surface area contributed by atoms with E-state index < -0.39 is 5.97 Å². The highest BCUT2D eigenvalue weighted by molar-refractivity contribution is 6.05. The number of anilines is 2. The molecule has 0 aliphatic carbocycles. The molecule has 2 heterocycles. The molecule has 0 saturated carbocycles. The summed E-state index contributed by atoms with van der Waals surface area (Å²) in [5, 5.41) is 16.1. The smallest absolute Gasteiger partial charge is 0.337 e. The van der Waals surface area contributed by atoms with Crippen LogP contribution < -0.4 is 10.6 Å². The van der Waals surface area contributed by atoms with Gasteiger partial charge in [0, 0.05) is 11.1 Å². The second-order valence-corrected chi connectivity index (χ2v) is 6.69. The van der Waals surface area contributed by atoms with E-state index in [1.165, 1.54) is 24.9 Å². The molecule has 4 aromatic rings. The van der Waals surface area contributed by atoms with Crippen molar-refractivity contribution < 1.29 is 19.1 Å². The number of carbonyl (C=O) groups excluding carboxylic acids is 1.